The number of amides is 1. The molecule has 1 aromatic carbocycles. The highest BCUT2D eigenvalue weighted by Gasteiger charge is 2.31. The minimum Gasteiger partial charge on any atom is -0.493 e. The molecule has 1 saturated heterocycles. The summed E-state index contributed by atoms with van der Waals surface area (Å²) in [6, 6.07) is 8.87. The molecular weight excluding hydrogens is 458 g/mol. The van der Waals surface area contributed by atoms with E-state index in [9.17, 15) is 15.0 Å². The largest absolute Gasteiger partial charge is 0.493 e. The van der Waals surface area contributed by atoms with Crippen LogP contribution in [0.3, 0.4) is 0 Å². The van der Waals surface area contributed by atoms with E-state index in [0.29, 0.717) is 42.3 Å². The number of carbonyl (C=O) groups is 1. The van der Waals surface area contributed by atoms with Crippen molar-refractivity contribution in [1.29, 1.82) is 0 Å². The van der Waals surface area contributed by atoms with E-state index in [4.69, 9.17) is 9.72 Å². The van der Waals surface area contributed by atoms with Gasteiger partial charge in [-0.25, -0.2) is 9.97 Å². The Balaban J connectivity index is 1.45. The number of nitrogens with one attached hydrogen (secondary N) is 1. The van der Waals surface area contributed by atoms with E-state index in [1.807, 2.05) is 37.2 Å². The summed E-state index contributed by atoms with van der Waals surface area (Å²) in [6.07, 6.45) is 3.96. The van der Waals surface area contributed by atoms with Gasteiger partial charge in [0.2, 0.25) is 5.88 Å². The van der Waals surface area contributed by atoms with E-state index in [-0.39, 0.29) is 17.8 Å². The zero-order chi connectivity index (χ0) is 25.2. The first-order valence-corrected chi connectivity index (χ1v) is 12.5. The summed E-state index contributed by atoms with van der Waals surface area (Å²) >= 11 is 0. The van der Waals surface area contributed by atoms with E-state index < -0.39 is 6.10 Å². The zero-order valence-corrected chi connectivity index (χ0v) is 20.8. The standard InChI is InChI=1S/C27H33N5O4/c1-17-12-25(34)30-22-7-6-19(14-20(17)22)29-27(35)21-13-18(16-32-8-10-36-11-9-32)15-28-26(21)31(2)23-4-3-5-24(23)33/h6-7,12-15,23-24,33H,3-5,8-11,16H2,1-2H3,(H,29,35)(H,30,34). The molecule has 5 rings (SSSR count). The highest BCUT2D eigenvalue weighted by Crippen LogP contribution is 2.30. The van der Waals surface area contributed by atoms with Crippen LogP contribution < -0.4 is 10.2 Å². The first kappa shape index (κ1) is 24.4. The Bertz CT molecular complexity index is 1260. The van der Waals surface area contributed by atoms with Crippen molar-refractivity contribution in [3.8, 4) is 5.88 Å². The second-order valence-electron chi connectivity index (χ2n) is 9.76. The van der Waals surface area contributed by atoms with Crippen molar-refractivity contribution in [3.05, 3.63) is 53.2 Å². The van der Waals surface area contributed by atoms with E-state index >= 15 is 0 Å². The fourth-order valence-electron chi connectivity index (χ4n) is 5.24. The number of fused-ring (bicyclic) bond motifs is 1. The monoisotopic (exact) mass is 491 g/mol. The van der Waals surface area contributed by atoms with Gasteiger partial charge in [0, 0.05) is 50.0 Å². The van der Waals surface area contributed by atoms with Gasteiger partial charge >= 0.3 is 0 Å². The van der Waals surface area contributed by atoms with Crippen LogP contribution >= 0.6 is 0 Å². The number of likely N-dealkylation sites (N-methyl/N-ethyl adjacent to an activating group) is 1. The van der Waals surface area contributed by atoms with Gasteiger partial charge in [-0.15, -0.1) is 0 Å². The predicted molar refractivity (Wildman–Crippen MR) is 138 cm³/mol. The maximum atomic E-state index is 13.6. The van der Waals surface area contributed by atoms with Gasteiger partial charge < -0.3 is 25.2 Å². The van der Waals surface area contributed by atoms with Gasteiger partial charge in [0.15, 0.2) is 0 Å². The molecular formula is C27H33N5O4. The van der Waals surface area contributed by atoms with E-state index in [0.717, 1.165) is 48.9 Å². The molecule has 3 heterocycles. The molecule has 0 bridgehead atoms. The number of carbonyl (C=O) groups excluding carboxylic acids is 1. The van der Waals surface area contributed by atoms with E-state index in [1.54, 1.807) is 18.2 Å². The van der Waals surface area contributed by atoms with Crippen LogP contribution in [0.4, 0.5) is 11.5 Å². The van der Waals surface area contributed by atoms with Crippen LogP contribution in [-0.2, 0) is 11.3 Å². The molecule has 2 fully saturated rings. The molecule has 2 aliphatic rings. The van der Waals surface area contributed by atoms with Gasteiger partial charge in [-0.2, -0.15) is 0 Å². The Morgan fingerprint density at radius 3 is 2.78 bits per heavy atom. The van der Waals surface area contributed by atoms with Crippen molar-refractivity contribution in [1.82, 2.24) is 14.9 Å². The molecule has 3 aromatic rings. The number of aryl methyl sites for hydroxylation is 1. The van der Waals surface area contributed by atoms with Crippen molar-refractivity contribution >= 4 is 28.3 Å². The van der Waals surface area contributed by atoms with Gasteiger partial charge in [0.05, 0.1) is 36.4 Å². The molecule has 3 N–H and O–H groups in total. The lowest BCUT2D eigenvalue weighted by Crippen LogP contribution is -2.39. The van der Waals surface area contributed by atoms with Crippen LogP contribution in [-0.4, -0.2) is 76.5 Å². The van der Waals surface area contributed by atoms with E-state index in [2.05, 4.69) is 15.2 Å². The highest BCUT2D eigenvalue weighted by molar-refractivity contribution is 6.08. The number of aliphatic hydroxyl groups is 1. The maximum absolute atomic E-state index is 13.6. The number of morpholine rings is 1. The first-order chi connectivity index (χ1) is 17.4. The predicted octanol–water partition coefficient (Wildman–Crippen LogP) is 3.08. The number of pyridine rings is 2. The van der Waals surface area contributed by atoms with Gasteiger partial charge in [0.1, 0.15) is 5.82 Å². The van der Waals surface area contributed by atoms with Crippen molar-refractivity contribution in [2.45, 2.75) is 44.9 Å². The number of benzene rings is 1. The lowest BCUT2D eigenvalue weighted by Gasteiger charge is -2.30. The van der Waals surface area contributed by atoms with Gasteiger partial charge in [-0.05, 0) is 61.6 Å². The summed E-state index contributed by atoms with van der Waals surface area (Å²) in [7, 11) is 1.90. The van der Waals surface area contributed by atoms with Crippen molar-refractivity contribution in [2.75, 3.05) is 43.6 Å². The Morgan fingerprint density at radius 2 is 2.03 bits per heavy atom. The summed E-state index contributed by atoms with van der Waals surface area (Å²) in [4.78, 5) is 26.7. The van der Waals surface area contributed by atoms with Crippen molar-refractivity contribution in [2.24, 2.45) is 0 Å². The number of rotatable bonds is 6. The molecule has 1 amide bonds. The number of hydrogen-bond donors (Lipinski definition) is 3. The number of hydrogen-bond acceptors (Lipinski definition) is 8. The first-order valence-electron chi connectivity index (χ1n) is 12.5. The summed E-state index contributed by atoms with van der Waals surface area (Å²) in [5.41, 5.74) is 3.60. The van der Waals surface area contributed by atoms with Crippen LogP contribution in [0.1, 0.15) is 40.7 Å². The van der Waals surface area contributed by atoms with Crippen LogP contribution in [0.25, 0.3) is 10.9 Å². The number of nitrogens with zero attached hydrogens (tertiary/aromatic N) is 4. The van der Waals surface area contributed by atoms with Gasteiger partial charge in [0.25, 0.3) is 5.91 Å². The van der Waals surface area contributed by atoms with Crippen molar-refractivity contribution in [3.63, 3.8) is 0 Å². The van der Waals surface area contributed by atoms with Gasteiger partial charge in [-0.3, -0.25) is 9.69 Å². The minimum absolute atomic E-state index is 0.0262. The van der Waals surface area contributed by atoms with Crippen LogP contribution in [0.15, 0.2) is 36.5 Å². The molecule has 1 saturated carbocycles. The number of aromatic hydroxyl groups is 1. The molecule has 2 aromatic heterocycles. The zero-order valence-electron chi connectivity index (χ0n) is 20.8. The normalized spacial score (nSPS) is 20.5. The third kappa shape index (κ3) is 5.13. The Hall–Kier alpha value is -3.27. The molecule has 9 nitrogen and oxygen atoms in total. The SMILES string of the molecule is Cc1cc(O)nc2ccc(NC(=O)c3cc(CN4CCOCC4)cnc3N(C)C3CCCC3O)cc12. The quantitative estimate of drug-likeness (QED) is 0.483. The fourth-order valence-corrected chi connectivity index (χ4v) is 5.24. The summed E-state index contributed by atoms with van der Waals surface area (Å²) in [5, 5.41) is 24.2. The summed E-state index contributed by atoms with van der Waals surface area (Å²) in [5.74, 6) is 0.277. The average molecular weight is 492 g/mol. The third-order valence-corrected chi connectivity index (χ3v) is 7.21. The number of aliphatic hydroxyl groups excluding tert-OH is 1. The molecule has 36 heavy (non-hydrogen) atoms. The molecule has 2 atom stereocenters. The summed E-state index contributed by atoms with van der Waals surface area (Å²) < 4.78 is 5.46. The lowest BCUT2D eigenvalue weighted by atomic mass is 10.1. The average Bonchev–Trinajstić information content (AvgIpc) is 3.30. The molecule has 9 heteroatoms. The fraction of sp³-hybridized carbons (Fsp3) is 0.444. The Morgan fingerprint density at radius 1 is 1.22 bits per heavy atom. The topological polar surface area (TPSA) is 111 Å². The molecule has 0 spiro atoms. The maximum Gasteiger partial charge on any atom is 0.259 e. The van der Waals surface area contributed by atoms with Crippen molar-refractivity contribution < 1.29 is 19.7 Å². The molecule has 0 radical (unpaired) electrons. The number of anilines is 2. The minimum atomic E-state index is -0.437. The molecule has 190 valence electrons. The third-order valence-electron chi connectivity index (χ3n) is 7.21. The van der Waals surface area contributed by atoms with Crippen LogP contribution in [0.2, 0.25) is 0 Å². The number of ether oxygens (including phenoxy) is 1. The molecule has 2 unspecified atom stereocenters. The van der Waals surface area contributed by atoms with E-state index in [1.165, 1.54) is 0 Å². The number of aromatic nitrogens is 2. The van der Waals surface area contributed by atoms with Gasteiger partial charge in [-0.1, -0.05) is 0 Å². The second kappa shape index (κ2) is 10.4. The lowest BCUT2D eigenvalue weighted by molar-refractivity contribution is 0.0341. The summed E-state index contributed by atoms with van der Waals surface area (Å²) in [6.45, 7) is 5.69. The highest BCUT2D eigenvalue weighted by atomic mass is 16.5. The molecule has 1 aliphatic heterocycles. The second-order valence-corrected chi connectivity index (χ2v) is 9.76. The smallest absolute Gasteiger partial charge is 0.259 e. The Kier molecular flexibility index (Phi) is 7.04. The van der Waals surface area contributed by atoms with Crippen LogP contribution in [0, 0.1) is 6.92 Å². The molecule has 1 aliphatic carbocycles. The Labute approximate surface area is 210 Å². The van der Waals surface area contributed by atoms with Crippen LogP contribution in [0.5, 0.6) is 5.88 Å².